The molecular formula is C12H18N2S. The lowest BCUT2D eigenvalue weighted by Crippen LogP contribution is -2.26. The summed E-state index contributed by atoms with van der Waals surface area (Å²) in [7, 11) is 0. The van der Waals surface area contributed by atoms with Crippen LogP contribution in [0.25, 0.3) is 0 Å². The molecule has 2 N–H and O–H groups in total. The smallest absolute Gasteiger partial charge is 0.0794 e. The van der Waals surface area contributed by atoms with Gasteiger partial charge in [-0.3, -0.25) is 4.98 Å². The summed E-state index contributed by atoms with van der Waals surface area (Å²) in [4.78, 5) is 5.46. The topological polar surface area (TPSA) is 38.9 Å². The molecule has 3 heteroatoms. The normalized spacial score (nSPS) is 35.9. The van der Waals surface area contributed by atoms with Crippen LogP contribution in [0.15, 0.2) is 11.7 Å². The second-order valence-electron chi connectivity index (χ2n) is 5.03. The Hall–Kier alpha value is -0.410. The van der Waals surface area contributed by atoms with Crippen LogP contribution in [0.3, 0.4) is 0 Å². The van der Waals surface area contributed by atoms with Gasteiger partial charge in [0.2, 0.25) is 0 Å². The molecule has 0 spiro atoms. The molecule has 0 amide bonds. The van der Waals surface area contributed by atoms with Crippen molar-refractivity contribution in [2.45, 2.75) is 38.1 Å². The molecule has 2 nitrogen and oxygen atoms in total. The van der Waals surface area contributed by atoms with Crippen molar-refractivity contribution in [1.82, 2.24) is 4.98 Å². The van der Waals surface area contributed by atoms with Gasteiger partial charge in [-0.1, -0.05) is 12.8 Å². The van der Waals surface area contributed by atoms with Gasteiger partial charge in [-0.25, -0.2) is 0 Å². The zero-order valence-corrected chi connectivity index (χ0v) is 9.75. The Morgan fingerprint density at radius 1 is 1.40 bits per heavy atom. The van der Waals surface area contributed by atoms with Gasteiger partial charge in [-0.15, -0.1) is 11.3 Å². The molecule has 3 rings (SSSR count). The maximum Gasteiger partial charge on any atom is 0.0794 e. The predicted molar refractivity (Wildman–Crippen MR) is 62.7 cm³/mol. The van der Waals surface area contributed by atoms with E-state index in [-0.39, 0.29) is 0 Å². The van der Waals surface area contributed by atoms with Crippen LogP contribution < -0.4 is 5.73 Å². The fourth-order valence-electron chi connectivity index (χ4n) is 3.39. The highest BCUT2D eigenvalue weighted by atomic mass is 32.1. The van der Waals surface area contributed by atoms with Crippen molar-refractivity contribution in [3.05, 3.63) is 16.6 Å². The SMILES string of the molecule is NC(Cc1cncs1)C1C2CCCCC21. The van der Waals surface area contributed by atoms with Crippen molar-refractivity contribution in [3.63, 3.8) is 0 Å². The summed E-state index contributed by atoms with van der Waals surface area (Å²) in [5.41, 5.74) is 8.21. The average Bonchev–Trinajstić information content (AvgIpc) is 2.77. The van der Waals surface area contributed by atoms with Crippen LogP contribution in [-0.2, 0) is 6.42 Å². The lowest BCUT2D eigenvalue weighted by molar-refractivity contribution is 0.480. The number of nitrogens with two attached hydrogens (primary N) is 1. The molecule has 2 aliphatic rings. The van der Waals surface area contributed by atoms with E-state index < -0.39 is 0 Å². The highest BCUT2D eigenvalue weighted by molar-refractivity contribution is 7.09. The molecular weight excluding hydrogens is 204 g/mol. The summed E-state index contributed by atoms with van der Waals surface area (Å²) < 4.78 is 0. The Kier molecular flexibility index (Phi) is 2.53. The number of thiazole rings is 1. The highest BCUT2D eigenvalue weighted by Gasteiger charge is 2.52. The standard InChI is InChI=1S/C12H18N2S/c13-11(5-8-6-14-7-15-8)12-9-3-1-2-4-10(9)12/h6-7,9-12H,1-5,13H2. The second-order valence-corrected chi connectivity index (χ2v) is 6.00. The molecule has 2 saturated carbocycles. The highest BCUT2D eigenvalue weighted by Crippen LogP contribution is 2.56. The summed E-state index contributed by atoms with van der Waals surface area (Å²) in [5, 5.41) is 0. The lowest BCUT2D eigenvalue weighted by Gasteiger charge is -2.09. The van der Waals surface area contributed by atoms with E-state index in [2.05, 4.69) is 4.98 Å². The summed E-state index contributed by atoms with van der Waals surface area (Å²) in [5.74, 6) is 2.78. The first-order chi connectivity index (χ1) is 7.36. The first-order valence-electron chi connectivity index (χ1n) is 5.99. The molecule has 1 aromatic heterocycles. The van der Waals surface area contributed by atoms with Crippen molar-refractivity contribution >= 4 is 11.3 Å². The fraction of sp³-hybridized carbons (Fsp3) is 0.750. The van der Waals surface area contributed by atoms with E-state index in [9.17, 15) is 0 Å². The maximum atomic E-state index is 6.31. The van der Waals surface area contributed by atoms with Gasteiger partial charge < -0.3 is 5.73 Å². The van der Waals surface area contributed by atoms with Gasteiger partial charge in [0.1, 0.15) is 0 Å². The fourth-order valence-corrected chi connectivity index (χ4v) is 4.06. The van der Waals surface area contributed by atoms with Crippen LogP contribution in [0.1, 0.15) is 30.6 Å². The minimum atomic E-state index is 0.388. The van der Waals surface area contributed by atoms with Crippen molar-refractivity contribution in [2.75, 3.05) is 0 Å². The van der Waals surface area contributed by atoms with Gasteiger partial charge in [0.25, 0.3) is 0 Å². The van der Waals surface area contributed by atoms with E-state index in [1.165, 1.54) is 30.6 Å². The summed E-state index contributed by atoms with van der Waals surface area (Å²) in [6, 6.07) is 0.388. The molecule has 1 aromatic rings. The summed E-state index contributed by atoms with van der Waals surface area (Å²) >= 11 is 1.74. The zero-order chi connectivity index (χ0) is 10.3. The van der Waals surface area contributed by atoms with Crippen LogP contribution in [0.4, 0.5) is 0 Å². The number of hydrogen-bond acceptors (Lipinski definition) is 3. The Balaban J connectivity index is 1.59. The molecule has 2 fully saturated rings. The quantitative estimate of drug-likeness (QED) is 0.853. The maximum absolute atomic E-state index is 6.31. The first-order valence-corrected chi connectivity index (χ1v) is 6.87. The molecule has 0 radical (unpaired) electrons. The Bertz CT molecular complexity index is 310. The van der Waals surface area contributed by atoms with Gasteiger partial charge >= 0.3 is 0 Å². The number of nitrogens with zero attached hydrogens (tertiary/aromatic N) is 1. The third-order valence-corrected chi connectivity index (χ3v) is 4.94. The molecule has 3 atom stereocenters. The summed E-state index contributed by atoms with van der Waals surface area (Å²) in [6.07, 6.45) is 8.76. The average molecular weight is 222 g/mol. The van der Waals surface area contributed by atoms with E-state index in [1.54, 1.807) is 11.3 Å². The van der Waals surface area contributed by atoms with E-state index in [0.717, 1.165) is 24.2 Å². The van der Waals surface area contributed by atoms with Crippen LogP contribution in [0.5, 0.6) is 0 Å². The molecule has 15 heavy (non-hydrogen) atoms. The number of hydrogen-bond donors (Lipinski definition) is 1. The molecule has 3 unspecified atom stereocenters. The third kappa shape index (κ3) is 1.83. The molecule has 0 bridgehead atoms. The van der Waals surface area contributed by atoms with Crippen molar-refractivity contribution in [1.29, 1.82) is 0 Å². The third-order valence-electron chi connectivity index (χ3n) is 4.14. The Labute approximate surface area is 94.9 Å². The number of rotatable bonds is 3. The minimum absolute atomic E-state index is 0.388. The predicted octanol–water partition coefficient (Wildman–Crippen LogP) is 2.45. The second kappa shape index (κ2) is 3.87. The van der Waals surface area contributed by atoms with Crippen LogP contribution >= 0.6 is 11.3 Å². The minimum Gasteiger partial charge on any atom is -0.327 e. The number of aromatic nitrogens is 1. The van der Waals surface area contributed by atoms with Gasteiger partial charge in [0.05, 0.1) is 5.51 Å². The van der Waals surface area contributed by atoms with Crippen molar-refractivity contribution < 1.29 is 0 Å². The first kappa shape index (κ1) is 9.79. The largest absolute Gasteiger partial charge is 0.327 e. The monoisotopic (exact) mass is 222 g/mol. The Morgan fingerprint density at radius 2 is 2.13 bits per heavy atom. The molecule has 0 aliphatic heterocycles. The van der Waals surface area contributed by atoms with Crippen LogP contribution in [0.2, 0.25) is 0 Å². The van der Waals surface area contributed by atoms with E-state index in [4.69, 9.17) is 5.73 Å². The van der Waals surface area contributed by atoms with E-state index in [0.29, 0.717) is 6.04 Å². The summed E-state index contributed by atoms with van der Waals surface area (Å²) in [6.45, 7) is 0. The van der Waals surface area contributed by atoms with Gasteiger partial charge in [-0.2, -0.15) is 0 Å². The lowest BCUT2D eigenvalue weighted by atomic mass is 10.0. The van der Waals surface area contributed by atoms with Crippen molar-refractivity contribution in [2.24, 2.45) is 23.5 Å². The van der Waals surface area contributed by atoms with Crippen LogP contribution in [-0.4, -0.2) is 11.0 Å². The molecule has 2 aliphatic carbocycles. The van der Waals surface area contributed by atoms with Gasteiger partial charge in [0, 0.05) is 17.1 Å². The number of fused-ring (bicyclic) bond motifs is 1. The van der Waals surface area contributed by atoms with E-state index in [1.807, 2.05) is 11.7 Å². The molecule has 0 saturated heterocycles. The van der Waals surface area contributed by atoms with Crippen LogP contribution in [0, 0.1) is 17.8 Å². The molecule has 82 valence electrons. The van der Waals surface area contributed by atoms with E-state index >= 15 is 0 Å². The van der Waals surface area contributed by atoms with Gasteiger partial charge in [-0.05, 0) is 37.0 Å². The molecule has 0 aromatic carbocycles. The Morgan fingerprint density at radius 3 is 2.73 bits per heavy atom. The molecule has 1 heterocycles. The zero-order valence-electron chi connectivity index (χ0n) is 8.93. The van der Waals surface area contributed by atoms with Gasteiger partial charge in [0.15, 0.2) is 0 Å². The van der Waals surface area contributed by atoms with Crippen molar-refractivity contribution in [3.8, 4) is 0 Å².